The van der Waals surface area contributed by atoms with Crippen molar-refractivity contribution < 1.29 is 29.3 Å². The van der Waals surface area contributed by atoms with E-state index in [0.717, 1.165) is 0 Å². The van der Waals surface area contributed by atoms with E-state index in [1.807, 2.05) is 0 Å². The van der Waals surface area contributed by atoms with Crippen LogP contribution in [0.1, 0.15) is 25.7 Å². The summed E-state index contributed by atoms with van der Waals surface area (Å²) in [5, 5.41) is 16.7. The third-order valence-corrected chi connectivity index (χ3v) is 1.73. The predicted octanol–water partition coefficient (Wildman–Crippen LogP) is 0.749. The van der Waals surface area contributed by atoms with Gasteiger partial charge in [0.1, 0.15) is 0 Å². The first-order valence-corrected chi connectivity index (χ1v) is 5.22. The van der Waals surface area contributed by atoms with E-state index in [9.17, 15) is 9.59 Å². The lowest BCUT2D eigenvalue weighted by Gasteiger charge is -2.04. The lowest BCUT2D eigenvalue weighted by Crippen LogP contribution is -2.08. The maximum Gasteiger partial charge on any atom is 0.303 e. The fourth-order valence-electron chi connectivity index (χ4n) is 0.973. The molecule has 0 heterocycles. The molecule has 0 radical (unpaired) electrons. The van der Waals surface area contributed by atoms with Crippen molar-refractivity contribution in [2.45, 2.75) is 25.7 Å². The number of ether oxygens (including phenoxy) is 2. The molecule has 0 aromatic rings. The summed E-state index contributed by atoms with van der Waals surface area (Å²) in [6.45, 7) is 1.63. The van der Waals surface area contributed by atoms with Crippen LogP contribution in [0.2, 0.25) is 0 Å². The molecule has 6 heteroatoms. The van der Waals surface area contributed by atoms with E-state index in [1.54, 1.807) is 0 Å². The lowest BCUT2D eigenvalue weighted by molar-refractivity contribution is -0.138. The normalized spacial score (nSPS) is 10.2. The van der Waals surface area contributed by atoms with Crippen molar-refractivity contribution in [3.05, 3.63) is 0 Å². The van der Waals surface area contributed by atoms with Gasteiger partial charge in [-0.15, -0.1) is 0 Å². The van der Waals surface area contributed by atoms with Gasteiger partial charge in [-0.3, -0.25) is 9.59 Å². The van der Waals surface area contributed by atoms with Gasteiger partial charge in [0, 0.05) is 26.1 Å². The summed E-state index contributed by atoms with van der Waals surface area (Å²) in [7, 11) is 0. The minimum Gasteiger partial charge on any atom is -0.481 e. The Morgan fingerprint density at radius 1 is 0.750 bits per heavy atom. The highest BCUT2D eigenvalue weighted by Gasteiger charge is 1.97. The summed E-state index contributed by atoms with van der Waals surface area (Å²) in [6, 6.07) is 0. The van der Waals surface area contributed by atoms with Crippen LogP contribution >= 0.6 is 0 Å². The maximum atomic E-state index is 10.1. The number of rotatable bonds is 11. The Balaban J connectivity index is 2.98. The highest BCUT2D eigenvalue weighted by atomic mass is 16.5. The molecule has 0 rings (SSSR count). The summed E-state index contributed by atoms with van der Waals surface area (Å²) in [5.41, 5.74) is 0. The van der Waals surface area contributed by atoms with Gasteiger partial charge in [0.05, 0.1) is 13.2 Å². The van der Waals surface area contributed by atoms with Gasteiger partial charge in [-0.1, -0.05) is 0 Å². The van der Waals surface area contributed by atoms with E-state index in [0.29, 0.717) is 39.3 Å². The molecule has 0 saturated carbocycles. The maximum absolute atomic E-state index is 10.1. The number of carboxylic acids is 2. The van der Waals surface area contributed by atoms with Crippen molar-refractivity contribution in [1.82, 2.24) is 0 Å². The summed E-state index contributed by atoms with van der Waals surface area (Å²) < 4.78 is 10.2. The monoisotopic (exact) mass is 234 g/mol. The molecule has 2 N–H and O–H groups in total. The zero-order valence-corrected chi connectivity index (χ0v) is 9.18. The second-order valence-electron chi connectivity index (χ2n) is 3.22. The molecule has 16 heavy (non-hydrogen) atoms. The Morgan fingerprint density at radius 3 is 1.44 bits per heavy atom. The average Bonchev–Trinajstić information content (AvgIpc) is 2.20. The molecule has 0 aliphatic rings. The summed E-state index contributed by atoms with van der Waals surface area (Å²) in [5.74, 6) is -1.65. The van der Waals surface area contributed by atoms with E-state index >= 15 is 0 Å². The zero-order chi connectivity index (χ0) is 12.2. The molecule has 0 bridgehead atoms. The molecule has 0 fully saturated rings. The molecule has 0 aliphatic carbocycles. The summed E-state index contributed by atoms with van der Waals surface area (Å²) >= 11 is 0. The summed E-state index contributed by atoms with van der Waals surface area (Å²) in [6.07, 6.45) is 1.21. The first-order valence-electron chi connectivity index (χ1n) is 5.22. The van der Waals surface area contributed by atoms with Gasteiger partial charge in [0.2, 0.25) is 0 Å². The minimum absolute atomic E-state index is 0.111. The first-order chi connectivity index (χ1) is 7.63. The van der Waals surface area contributed by atoms with Crippen LogP contribution in [0, 0.1) is 0 Å². The second-order valence-corrected chi connectivity index (χ2v) is 3.22. The van der Waals surface area contributed by atoms with Crippen molar-refractivity contribution in [2.75, 3.05) is 26.4 Å². The van der Waals surface area contributed by atoms with Gasteiger partial charge in [0.25, 0.3) is 0 Å². The standard InChI is InChI=1S/C10H18O6/c11-9(12)3-1-5-15-7-8-16-6-2-4-10(13)14/h1-8H2,(H,11,12)(H,13,14). The average molecular weight is 234 g/mol. The fraction of sp³-hybridized carbons (Fsp3) is 0.800. The van der Waals surface area contributed by atoms with Crippen LogP contribution in [-0.2, 0) is 19.1 Å². The topological polar surface area (TPSA) is 93.1 Å². The van der Waals surface area contributed by atoms with Crippen LogP contribution in [-0.4, -0.2) is 48.6 Å². The summed E-state index contributed by atoms with van der Waals surface area (Å²) in [4.78, 5) is 20.3. The van der Waals surface area contributed by atoms with Crippen LogP contribution in [0.25, 0.3) is 0 Å². The van der Waals surface area contributed by atoms with Gasteiger partial charge in [-0.2, -0.15) is 0 Å². The largest absolute Gasteiger partial charge is 0.481 e. The Hall–Kier alpha value is -1.14. The molecule has 0 unspecified atom stereocenters. The fourth-order valence-corrected chi connectivity index (χ4v) is 0.973. The molecule has 94 valence electrons. The predicted molar refractivity (Wildman–Crippen MR) is 55.4 cm³/mol. The number of carboxylic acid groups (broad SMARTS) is 2. The Bertz CT molecular complexity index is 181. The van der Waals surface area contributed by atoms with Crippen LogP contribution in [0.15, 0.2) is 0 Å². The second kappa shape index (κ2) is 10.4. The van der Waals surface area contributed by atoms with E-state index < -0.39 is 11.9 Å². The Kier molecular flexibility index (Phi) is 9.64. The Morgan fingerprint density at radius 2 is 1.12 bits per heavy atom. The van der Waals surface area contributed by atoms with E-state index in [1.165, 1.54) is 0 Å². The third-order valence-electron chi connectivity index (χ3n) is 1.73. The van der Waals surface area contributed by atoms with Gasteiger partial charge in [0.15, 0.2) is 0 Å². The molecule has 0 aliphatic heterocycles. The van der Waals surface area contributed by atoms with Crippen LogP contribution in [0.3, 0.4) is 0 Å². The molecule has 0 saturated heterocycles. The molecule has 0 spiro atoms. The lowest BCUT2D eigenvalue weighted by atomic mass is 10.3. The molecule has 0 atom stereocenters. The van der Waals surface area contributed by atoms with Crippen LogP contribution in [0.4, 0.5) is 0 Å². The van der Waals surface area contributed by atoms with Gasteiger partial charge >= 0.3 is 11.9 Å². The van der Waals surface area contributed by atoms with Crippen molar-refractivity contribution in [1.29, 1.82) is 0 Å². The van der Waals surface area contributed by atoms with Crippen LogP contribution < -0.4 is 0 Å². The molecule has 6 nitrogen and oxygen atoms in total. The third kappa shape index (κ3) is 12.9. The van der Waals surface area contributed by atoms with Crippen LogP contribution in [0.5, 0.6) is 0 Å². The van der Waals surface area contributed by atoms with Crippen molar-refractivity contribution in [3.63, 3.8) is 0 Å². The molecule has 0 aromatic carbocycles. The number of aliphatic carboxylic acids is 2. The smallest absolute Gasteiger partial charge is 0.303 e. The quantitative estimate of drug-likeness (QED) is 0.512. The van der Waals surface area contributed by atoms with Gasteiger partial charge < -0.3 is 19.7 Å². The highest BCUT2D eigenvalue weighted by molar-refractivity contribution is 5.66. The van der Waals surface area contributed by atoms with Crippen molar-refractivity contribution >= 4 is 11.9 Å². The van der Waals surface area contributed by atoms with Gasteiger partial charge in [-0.25, -0.2) is 0 Å². The first kappa shape index (κ1) is 14.9. The SMILES string of the molecule is O=C(O)CCCOCCOCCCC(=O)O. The number of hydrogen-bond donors (Lipinski definition) is 2. The van der Waals surface area contributed by atoms with Crippen molar-refractivity contribution in [3.8, 4) is 0 Å². The highest BCUT2D eigenvalue weighted by Crippen LogP contribution is 1.92. The molecule has 0 aromatic heterocycles. The molecular formula is C10H18O6. The number of carbonyl (C=O) groups is 2. The molecular weight excluding hydrogens is 216 g/mol. The van der Waals surface area contributed by atoms with Crippen molar-refractivity contribution in [2.24, 2.45) is 0 Å². The molecule has 0 amide bonds. The van der Waals surface area contributed by atoms with E-state index in [2.05, 4.69) is 0 Å². The Labute approximate surface area is 94.2 Å². The van der Waals surface area contributed by atoms with E-state index in [-0.39, 0.29) is 12.8 Å². The minimum atomic E-state index is -0.825. The van der Waals surface area contributed by atoms with E-state index in [4.69, 9.17) is 19.7 Å². The van der Waals surface area contributed by atoms with Gasteiger partial charge in [-0.05, 0) is 12.8 Å². The number of hydrogen-bond acceptors (Lipinski definition) is 4. The zero-order valence-electron chi connectivity index (χ0n) is 9.18.